The van der Waals surface area contributed by atoms with E-state index in [1.807, 2.05) is 48.5 Å². The molecule has 2 aromatic rings. The third-order valence-corrected chi connectivity index (χ3v) is 8.64. The van der Waals surface area contributed by atoms with E-state index in [-0.39, 0.29) is 25.4 Å². The third kappa shape index (κ3) is 16.2. The van der Waals surface area contributed by atoms with E-state index >= 15 is 0 Å². The molecule has 0 aliphatic heterocycles. The molecule has 5 amide bonds. The van der Waals surface area contributed by atoms with E-state index in [0.717, 1.165) is 11.1 Å². The summed E-state index contributed by atoms with van der Waals surface area (Å²) in [6, 6.07) is 13.5. The summed E-state index contributed by atoms with van der Waals surface area (Å²) in [5.74, 6) is -3.16. The molecule has 8 N–H and O–H groups in total. The quantitative estimate of drug-likeness (QED) is 0.0993. The van der Waals surface area contributed by atoms with Gasteiger partial charge in [-0.2, -0.15) is 0 Å². The van der Waals surface area contributed by atoms with Gasteiger partial charge in [0.15, 0.2) is 0 Å². The number of alkyl carbamates (subject to hydrolysis) is 1. The first-order chi connectivity index (χ1) is 25.3. The molecule has 0 heterocycles. The van der Waals surface area contributed by atoms with Gasteiger partial charge < -0.3 is 46.6 Å². The van der Waals surface area contributed by atoms with Gasteiger partial charge in [-0.05, 0) is 69.9 Å². The molecular weight excluding hydrogens is 694 g/mol. The lowest BCUT2D eigenvalue weighted by Crippen LogP contribution is -2.59. The highest BCUT2D eigenvalue weighted by Crippen LogP contribution is 2.14. The van der Waals surface area contributed by atoms with Crippen LogP contribution in [0, 0.1) is 11.8 Å². The summed E-state index contributed by atoms with van der Waals surface area (Å²) in [6.45, 7) is 13.3. The number of benzene rings is 2. The largest absolute Gasteiger partial charge is 0.444 e. The zero-order chi connectivity index (χ0) is 40.6. The van der Waals surface area contributed by atoms with Crippen LogP contribution >= 0.6 is 0 Å². The molecule has 0 spiro atoms. The van der Waals surface area contributed by atoms with Crippen molar-refractivity contribution in [1.29, 1.82) is 0 Å². The molecule has 0 saturated carbocycles. The van der Waals surface area contributed by atoms with Gasteiger partial charge in [-0.15, -0.1) is 0 Å². The lowest BCUT2D eigenvalue weighted by atomic mass is 9.96. The van der Waals surface area contributed by atoms with Crippen molar-refractivity contribution in [2.45, 2.75) is 129 Å². The van der Waals surface area contributed by atoms with E-state index in [0.29, 0.717) is 6.42 Å². The van der Waals surface area contributed by atoms with Crippen LogP contribution in [0.4, 0.5) is 4.79 Å². The molecular formula is C40H61N5O9. The number of amides is 5. The average molecular weight is 756 g/mol. The van der Waals surface area contributed by atoms with Crippen LogP contribution in [0.1, 0.15) is 79.4 Å². The van der Waals surface area contributed by atoms with E-state index < -0.39 is 90.1 Å². The van der Waals surface area contributed by atoms with Crippen LogP contribution in [-0.2, 0) is 36.8 Å². The fraction of sp³-hybridized carbons (Fsp3) is 0.575. The van der Waals surface area contributed by atoms with E-state index in [1.54, 1.807) is 60.6 Å². The maximum Gasteiger partial charge on any atom is 0.408 e. The molecule has 14 nitrogen and oxygen atoms in total. The van der Waals surface area contributed by atoms with Crippen molar-refractivity contribution in [3.05, 3.63) is 71.8 Å². The Bertz CT molecular complexity index is 1480. The van der Waals surface area contributed by atoms with Gasteiger partial charge in [0.2, 0.25) is 23.6 Å². The number of hydrogen-bond donors (Lipinski definition) is 8. The minimum absolute atomic E-state index is 0.0435. The molecule has 54 heavy (non-hydrogen) atoms. The predicted octanol–water partition coefficient (Wildman–Crippen LogP) is 2.13. The van der Waals surface area contributed by atoms with Gasteiger partial charge in [0.1, 0.15) is 23.7 Å². The summed E-state index contributed by atoms with van der Waals surface area (Å²) in [5, 5.41) is 44.9. The van der Waals surface area contributed by atoms with Crippen molar-refractivity contribution in [3.8, 4) is 0 Å². The van der Waals surface area contributed by atoms with Crippen LogP contribution in [0.5, 0.6) is 0 Å². The number of aliphatic hydroxyl groups excluding tert-OH is 3. The zero-order valence-electron chi connectivity index (χ0n) is 32.8. The van der Waals surface area contributed by atoms with Crippen molar-refractivity contribution in [1.82, 2.24) is 26.6 Å². The molecule has 2 rings (SSSR count). The van der Waals surface area contributed by atoms with E-state index in [4.69, 9.17) is 4.74 Å². The zero-order valence-corrected chi connectivity index (χ0v) is 32.8. The SMILES string of the molecule is CC(C)[C@H](NC(=O)OC(C)(C)C)C(=O)N[C@H](C(=O)N[C@@H](Cc1ccccc1)[C@@H](O)CC(=O)N[C@@H](C)C(=O)N[C@@H](Cc1ccccc1)[C@@H](O)CCO)C(C)C. The first-order valence-electron chi connectivity index (χ1n) is 18.6. The lowest BCUT2D eigenvalue weighted by Gasteiger charge is -2.30. The minimum atomic E-state index is -1.40. The molecule has 0 fully saturated rings. The smallest absolute Gasteiger partial charge is 0.408 e. The molecule has 14 heteroatoms. The van der Waals surface area contributed by atoms with E-state index in [9.17, 15) is 39.3 Å². The fourth-order valence-electron chi connectivity index (χ4n) is 5.66. The van der Waals surface area contributed by atoms with Crippen molar-refractivity contribution in [3.63, 3.8) is 0 Å². The van der Waals surface area contributed by atoms with E-state index in [2.05, 4.69) is 26.6 Å². The number of rotatable bonds is 20. The normalized spacial score (nSPS) is 15.5. The summed E-state index contributed by atoms with van der Waals surface area (Å²) in [6.07, 6.45) is -3.19. The Kier molecular flexibility index (Phi) is 18.6. The summed E-state index contributed by atoms with van der Waals surface area (Å²) in [7, 11) is 0. The Balaban J connectivity index is 2.17. The average Bonchev–Trinajstić information content (AvgIpc) is 3.08. The summed E-state index contributed by atoms with van der Waals surface area (Å²) in [5.41, 5.74) is 0.851. The maximum absolute atomic E-state index is 13.8. The van der Waals surface area contributed by atoms with Crippen molar-refractivity contribution in [2.75, 3.05) is 6.61 Å². The van der Waals surface area contributed by atoms with Crippen molar-refractivity contribution in [2.24, 2.45) is 11.8 Å². The van der Waals surface area contributed by atoms with E-state index in [1.165, 1.54) is 6.92 Å². The highest BCUT2D eigenvalue weighted by atomic mass is 16.6. The number of carbonyl (C=O) groups excluding carboxylic acids is 5. The van der Waals surface area contributed by atoms with Gasteiger partial charge in [0.25, 0.3) is 0 Å². The second kappa shape index (κ2) is 22.0. The molecule has 0 aliphatic carbocycles. The number of hydrogen-bond acceptors (Lipinski definition) is 9. The van der Waals surface area contributed by atoms with Gasteiger partial charge >= 0.3 is 6.09 Å². The second-order valence-electron chi connectivity index (χ2n) is 15.3. The molecule has 300 valence electrons. The van der Waals surface area contributed by atoms with Gasteiger partial charge in [0, 0.05) is 6.61 Å². The number of carbonyl (C=O) groups is 5. The number of nitrogens with one attached hydrogen (secondary N) is 5. The second-order valence-corrected chi connectivity index (χ2v) is 15.3. The van der Waals surface area contributed by atoms with Crippen LogP contribution < -0.4 is 26.6 Å². The first-order valence-corrected chi connectivity index (χ1v) is 18.6. The van der Waals surface area contributed by atoms with Crippen LogP contribution in [0.3, 0.4) is 0 Å². The van der Waals surface area contributed by atoms with Crippen LogP contribution in [0.15, 0.2) is 60.7 Å². The van der Waals surface area contributed by atoms with Gasteiger partial charge in [-0.3, -0.25) is 19.2 Å². The third-order valence-electron chi connectivity index (χ3n) is 8.64. The van der Waals surface area contributed by atoms with Crippen LogP contribution in [-0.4, -0.2) is 99.7 Å². The Morgan fingerprint density at radius 3 is 1.54 bits per heavy atom. The highest BCUT2D eigenvalue weighted by Gasteiger charge is 2.34. The maximum atomic E-state index is 13.8. The highest BCUT2D eigenvalue weighted by molar-refractivity contribution is 5.92. The van der Waals surface area contributed by atoms with Crippen molar-refractivity contribution >= 4 is 29.7 Å². The Morgan fingerprint density at radius 1 is 0.630 bits per heavy atom. The van der Waals surface area contributed by atoms with Crippen LogP contribution in [0.25, 0.3) is 0 Å². The van der Waals surface area contributed by atoms with Gasteiger partial charge in [-0.1, -0.05) is 88.4 Å². The summed E-state index contributed by atoms with van der Waals surface area (Å²) in [4.78, 5) is 66.0. The Hall–Kier alpha value is -4.53. The standard InChI is InChI=1S/C40H61N5O9/c1-24(2)34(44-38(52)35(25(3)4)45-39(53)54-40(6,7)8)37(51)43-30(22-28-17-13-10-14-18-28)32(48)23-33(49)41-26(5)36(50)42-29(31(47)19-20-46)21-27-15-11-9-12-16-27/h9-18,24-26,29-32,34-35,46-48H,19-23H2,1-8H3,(H,41,49)(H,42,50)(H,43,51)(H,44,52)(H,45,53)/t26-,29-,30-,31-,32-,34-,35-/m0/s1. The Morgan fingerprint density at radius 2 is 1.07 bits per heavy atom. The topological polar surface area (TPSA) is 215 Å². The van der Waals surface area contributed by atoms with Crippen LogP contribution in [0.2, 0.25) is 0 Å². The Labute approximate surface area is 319 Å². The molecule has 2 aromatic carbocycles. The van der Waals surface area contributed by atoms with Crippen molar-refractivity contribution < 1.29 is 44.0 Å². The van der Waals surface area contributed by atoms with Gasteiger partial charge in [0.05, 0.1) is 30.7 Å². The monoisotopic (exact) mass is 755 g/mol. The predicted molar refractivity (Wildman–Crippen MR) is 205 cm³/mol. The fourth-order valence-corrected chi connectivity index (χ4v) is 5.66. The molecule has 0 radical (unpaired) electrons. The lowest BCUT2D eigenvalue weighted by molar-refractivity contribution is -0.133. The molecule has 0 bridgehead atoms. The minimum Gasteiger partial charge on any atom is -0.444 e. The molecule has 0 aliphatic rings. The molecule has 0 aromatic heterocycles. The number of aliphatic hydroxyl groups is 3. The van der Waals surface area contributed by atoms with Gasteiger partial charge in [-0.25, -0.2) is 4.79 Å². The summed E-state index contributed by atoms with van der Waals surface area (Å²) >= 11 is 0. The summed E-state index contributed by atoms with van der Waals surface area (Å²) < 4.78 is 5.32. The molecule has 7 atom stereocenters. The molecule has 0 saturated heterocycles. The number of ether oxygens (including phenoxy) is 1. The first kappa shape index (κ1) is 45.6. The molecule has 0 unspecified atom stereocenters.